The van der Waals surface area contributed by atoms with Crippen LogP contribution in [0.15, 0.2) is 70.9 Å². The molecule has 2 aliphatic rings. The van der Waals surface area contributed by atoms with Gasteiger partial charge in [-0.3, -0.25) is 19.8 Å². The maximum absolute atomic E-state index is 13.2. The number of para-hydroxylation sites is 1. The van der Waals surface area contributed by atoms with Crippen LogP contribution < -0.4 is 0 Å². The molecule has 32 heavy (non-hydrogen) atoms. The number of hydrogen-bond acceptors (Lipinski definition) is 7. The molecule has 0 radical (unpaired) electrons. The maximum atomic E-state index is 13.2. The van der Waals surface area contributed by atoms with Gasteiger partial charge in [-0.1, -0.05) is 61.2 Å². The average Bonchev–Trinajstić information content (AvgIpc) is 3.12. The number of rotatable bonds is 6. The van der Waals surface area contributed by atoms with Crippen molar-refractivity contribution in [3.63, 3.8) is 0 Å². The van der Waals surface area contributed by atoms with E-state index in [0.29, 0.717) is 17.3 Å². The number of amides is 1. The molecule has 0 N–H and O–H groups in total. The monoisotopic (exact) mass is 451 g/mol. The highest BCUT2D eigenvalue weighted by Gasteiger charge is 2.48. The van der Waals surface area contributed by atoms with Gasteiger partial charge in [0.15, 0.2) is 5.17 Å². The summed E-state index contributed by atoms with van der Waals surface area (Å²) >= 11 is 1.31. The molecular formula is C23H21N3O5S. The summed E-state index contributed by atoms with van der Waals surface area (Å²) in [6, 6.07) is 14.4. The molecule has 9 heteroatoms. The molecule has 0 spiro atoms. The summed E-state index contributed by atoms with van der Waals surface area (Å²) in [5, 5.41) is 11.9. The van der Waals surface area contributed by atoms with Crippen molar-refractivity contribution in [1.82, 2.24) is 4.90 Å². The third kappa shape index (κ3) is 3.91. The quantitative estimate of drug-likeness (QED) is 0.367. The third-order valence-corrected chi connectivity index (χ3v) is 6.70. The molecule has 2 aromatic carbocycles. The fourth-order valence-corrected chi connectivity index (χ4v) is 4.96. The first-order valence-corrected chi connectivity index (χ1v) is 11.0. The summed E-state index contributed by atoms with van der Waals surface area (Å²) in [5.41, 5.74) is 1.40. The average molecular weight is 452 g/mol. The van der Waals surface area contributed by atoms with E-state index in [1.165, 1.54) is 22.7 Å². The predicted octanol–water partition coefficient (Wildman–Crippen LogP) is 4.38. The van der Waals surface area contributed by atoms with Crippen molar-refractivity contribution in [2.45, 2.75) is 38.2 Å². The van der Waals surface area contributed by atoms with Crippen LogP contribution in [-0.4, -0.2) is 32.1 Å². The van der Waals surface area contributed by atoms with E-state index in [0.717, 1.165) is 5.56 Å². The van der Waals surface area contributed by atoms with Crippen molar-refractivity contribution in [1.29, 1.82) is 0 Å². The van der Waals surface area contributed by atoms with E-state index < -0.39 is 16.9 Å². The SMILES string of the molecule is CC[C@H]1SC2=NC(C)=C(C(=O)OCc3ccccc3)[C@@H](c3ccccc3[N+](=O)[O-])N2C1=O. The van der Waals surface area contributed by atoms with Crippen molar-refractivity contribution in [3.05, 3.63) is 87.1 Å². The van der Waals surface area contributed by atoms with Gasteiger partial charge >= 0.3 is 5.97 Å². The van der Waals surface area contributed by atoms with Crippen LogP contribution in [0.2, 0.25) is 0 Å². The van der Waals surface area contributed by atoms with E-state index in [-0.39, 0.29) is 34.6 Å². The molecule has 2 aliphatic heterocycles. The van der Waals surface area contributed by atoms with Crippen molar-refractivity contribution in [2.75, 3.05) is 0 Å². The van der Waals surface area contributed by atoms with Crippen LogP contribution in [-0.2, 0) is 20.9 Å². The van der Waals surface area contributed by atoms with E-state index in [2.05, 4.69) is 4.99 Å². The number of benzene rings is 2. The van der Waals surface area contributed by atoms with Gasteiger partial charge in [-0.15, -0.1) is 0 Å². The lowest BCUT2D eigenvalue weighted by molar-refractivity contribution is -0.385. The number of hydrogen-bond donors (Lipinski definition) is 0. The molecular weight excluding hydrogens is 430 g/mol. The van der Waals surface area contributed by atoms with Crippen molar-refractivity contribution < 1.29 is 19.2 Å². The largest absolute Gasteiger partial charge is 0.457 e. The lowest BCUT2D eigenvalue weighted by atomic mass is 9.93. The number of fused-ring (bicyclic) bond motifs is 1. The highest BCUT2D eigenvalue weighted by Crippen LogP contribution is 2.46. The van der Waals surface area contributed by atoms with E-state index in [1.54, 1.807) is 25.1 Å². The lowest BCUT2D eigenvalue weighted by Gasteiger charge is -2.32. The number of amidine groups is 1. The molecule has 0 bridgehead atoms. The summed E-state index contributed by atoms with van der Waals surface area (Å²) < 4.78 is 5.55. The van der Waals surface area contributed by atoms with E-state index >= 15 is 0 Å². The maximum Gasteiger partial charge on any atom is 0.338 e. The topological polar surface area (TPSA) is 102 Å². The fourth-order valence-electron chi connectivity index (χ4n) is 3.83. The first-order valence-electron chi connectivity index (χ1n) is 10.2. The van der Waals surface area contributed by atoms with Gasteiger partial charge < -0.3 is 4.74 Å². The van der Waals surface area contributed by atoms with E-state index in [9.17, 15) is 19.7 Å². The Bertz CT molecular complexity index is 1150. The van der Waals surface area contributed by atoms with Crippen LogP contribution in [0.1, 0.15) is 37.4 Å². The van der Waals surface area contributed by atoms with Crippen LogP contribution in [0.5, 0.6) is 0 Å². The van der Waals surface area contributed by atoms with Crippen LogP contribution in [0.4, 0.5) is 5.69 Å². The number of ether oxygens (including phenoxy) is 1. The molecule has 1 saturated heterocycles. The number of carbonyl (C=O) groups is 2. The lowest BCUT2D eigenvalue weighted by Crippen LogP contribution is -2.41. The Morgan fingerprint density at radius 2 is 1.88 bits per heavy atom. The molecule has 4 rings (SSSR count). The van der Waals surface area contributed by atoms with Gasteiger partial charge in [-0.05, 0) is 25.0 Å². The molecule has 0 saturated carbocycles. The Labute approximate surface area is 189 Å². The van der Waals surface area contributed by atoms with Crippen LogP contribution >= 0.6 is 11.8 Å². The molecule has 8 nitrogen and oxygen atoms in total. The minimum absolute atomic E-state index is 0.0386. The number of thioether (sulfide) groups is 1. The number of allylic oxidation sites excluding steroid dienone is 1. The van der Waals surface area contributed by atoms with Crippen molar-refractivity contribution >= 4 is 34.5 Å². The second kappa shape index (κ2) is 8.96. The molecule has 0 aliphatic carbocycles. The number of nitro benzene ring substituents is 1. The second-order valence-electron chi connectivity index (χ2n) is 7.40. The zero-order valence-corrected chi connectivity index (χ0v) is 18.4. The Hall–Kier alpha value is -3.46. The summed E-state index contributed by atoms with van der Waals surface area (Å²) in [4.78, 5) is 43.6. The number of nitro groups is 1. The Balaban J connectivity index is 1.78. The first-order chi connectivity index (χ1) is 15.4. The minimum Gasteiger partial charge on any atom is -0.457 e. The van der Waals surface area contributed by atoms with Crippen LogP contribution in [0, 0.1) is 10.1 Å². The van der Waals surface area contributed by atoms with E-state index in [1.807, 2.05) is 37.3 Å². The van der Waals surface area contributed by atoms with Crippen LogP contribution in [0.3, 0.4) is 0 Å². The predicted molar refractivity (Wildman–Crippen MR) is 121 cm³/mol. The van der Waals surface area contributed by atoms with Gasteiger partial charge in [0, 0.05) is 6.07 Å². The van der Waals surface area contributed by atoms with E-state index in [4.69, 9.17) is 4.74 Å². The number of esters is 1. The number of carbonyl (C=O) groups excluding carboxylic acids is 2. The molecule has 2 heterocycles. The van der Waals surface area contributed by atoms with Crippen molar-refractivity contribution in [3.8, 4) is 0 Å². The smallest absolute Gasteiger partial charge is 0.338 e. The molecule has 2 atom stereocenters. The second-order valence-corrected chi connectivity index (χ2v) is 8.57. The highest BCUT2D eigenvalue weighted by molar-refractivity contribution is 8.15. The zero-order chi connectivity index (χ0) is 22.8. The molecule has 164 valence electrons. The summed E-state index contributed by atoms with van der Waals surface area (Å²) in [7, 11) is 0. The van der Waals surface area contributed by atoms with Gasteiger partial charge in [0.1, 0.15) is 12.6 Å². The number of nitrogens with zero attached hydrogens (tertiary/aromatic N) is 3. The summed E-state index contributed by atoms with van der Waals surface area (Å²) in [5.74, 6) is -0.879. The first kappa shape index (κ1) is 21.8. The third-order valence-electron chi connectivity index (χ3n) is 5.38. The molecule has 1 fully saturated rings. The van der Waals surface area contributed by atoms with Gasteiger partial charge in [0.25, 0.3) is 5.69 Å². The summed E-state index contributed by atoms with van der Waals surface area (Å²) in [6.07, 6.45) is 0.579. The molecule has 2 aromatic rings. The molecule has 0 unspecified atom stereocenters. The summed E-state index contributed by atoms with van der Waals surface area (Å²) in [6.45, 7) is 3.59. The van der Waals surface area contributed by atoms with Gasteiger partial charge in [-0.25, -0.2) is 9.79 Å². The fraction of sp³-hybridized carbons (Fsp3) is 0.261. The Morgan fingerprint density at radius 3 is 2.56 bits per heavy atom. The van der Waals surface area contributed by atoms with Crippen molar-refractivity contribution in [2.24, 2.45) is 4.99 Å². The van der Waals surface area contributed by atoms with Gasteiger partial charge in [0.2, 0.25) is 5.91 Å². The normalized spacial score (nSPS) is 20.1. The Kier molecular flexibility index (Phi) is 6.09. The number of aliphatic imine (C=N–C) groups is 1. The standard InChI is InChI=1S/C23H21N3O5S/c1-3-18-21(27)25-20(16-11-7-8-12-17(16)26(29)30)19(14(2)24-23(25)32-18)22(28)31-13-15-9-5-4-6-10-15/h4-12,18,20H,3,13H2,1-2H3/t18-,20-/m1/s1. The molecule has 1 amide bonds. The van der Waals surface area contributed by atoms with Gasteiger partial charge in [0.05, 0.1) is 27.0 Å². The molecule has 0 aromatic heterocycles. The highest BCUT2D eigenvalue weighted by atomic mass is 32.2. The Morgan fingerprint density at radius 1 is 1.19 bits per heavy atom. The zero-order valence-electron chi connectivity index (χ0n) is 17.6. The minimum atomic E-state index is -0.982. The van der Waals surface area contributed by atoms with Gasteiger partial charge in [-0.2, -0.15) is 0 Å². The van der Waals surface area contributed by atoms with Crippen LogP contribution in [0.25, 0.3) is 0 Å².